The molecule has 2 aliphatic carbocycles. The van der Waals surface area contributed by atoms with Gasteiger partial charge >= 0.3 is 6.03 Å². The molecule has 1 aliphatic heterocycles. The van der Waals surface area contributed by atoms with Crippen molar-refractivity contribution >= 4 is 11.9 Å². The summed E-state index contributed by atoms with van der Waals surface area (Å²) in [5.74, 6) is -4.85. The minimum atomic E-state index is -3.20. The summed E-state index contributed by atoms with van der Waals surface area (Å²) in [4.78, 5) is 26.1. The van der Waals surface area contributed by atoms with E-state index in [0.29, 0.717) is 38.8 Å². The first-order valence-corrected chi connectivity index (χ1v) is 11.0. The number of nitrogens with zero attached hydrogens (tertiary/aromatic N) is 2. The molecule has 0 bridgehead atoms. The van der Waals surface area contributed by atoms with Crippen LogP contribution in [-0.4, -0.2) is 35.5 Å². The van der Waals surface area contributed by atoms with Crippen molar-refractivity contribution in [1.82, 2.24) is 10.2 Å². The van der Waals surface area contributed by atoms with Gasteiger partial charge in [-0.3, -0.25) is 4.79 Å². The number of nitriles is 1. The van der Waals surface area contributed by atoms with Crippen LogP contribution < -0.4 is 11.1 Å². The molecule has 2 saturated carbocycles. The molecule has 3 fully saturated rings. The molecule has 0 radical (unpaired) electrons. The molecule has 9 heteroatoms. The Morgan fingerprint density at radius 1 is 1.22 bits per heavy atom. The molecular formula is C23H27F3N4O2. The number of amides is 3. The van der Waals surface area contributed by atoms with Crippen LogP contribution in [0, 0.1) is 34.4 Å². The second-order valence-corrected chi connectivity index (χ2v) is 9.54. The zero-order valence-corrected chi connectivity index (χ0v) is 17.8. The van der Waals surface area contributed by atoms with Crippen LogP contribution in [0.1, 0.15) is 50.5 Å². The fourth-order valence-corrected chi connectivity index (χ4v) is 5.10. The number of benzene rings is 1. The summed E-state index contributed by atoms with van der Waals surface area (Å²) >= 11 is 0. The third kappa shape index (κ3) is 4.41. The van der Waals surface area contributed by atoms with Crippen LogP contribution in [0.2, 0.25) is 0 Å². The summed E-state index contributed by atoms with van der Waals surface area (Å²) < 4.78 is 42.8. The molecule has 1 spiro atoms. The maximum absolute atomic E-state index is 14.8. The summed E-state index contributed by atoms with van der Waals surface area (Å²) in [7, 11) is 0. The summed E-state index contributed by atoms with van der Waals surface area (Å²) in [6.07, 6.45) is 2.65. The zero-order valence-electron chi connectivity index (χ0n) is 17.8. The normalized spacial score (nSPS) is 23.8. The molecule has 3 N–H and O–H groups in total. The topological polar surface area (TPSA) is 99.2 Å². The number of alkyl halides is 2. The maximum atomic E-state index is 14.8. The molecular weight excluding hydrogens is 421 g/mol. The van der Waals surface area contributed by atoms with E-state index in [-0.39, 0.29) is 29.2 Å². The van der Waals surface area contributed by atoms with Gasteiger partial charge in [0.05, 0.1) is 6.07 Å². The Balaban J connectivity index is 1.46. The number of nitrogens with two attached hydrogens (primary N) is 1. The van der Waals surface area contributed by atoms with Crippen LogP contribution in [0.3, 0.4) is 0 Å². The van der Waals surface area contributed by atoms with Gasteiger partial charge in [0.15, 0.2) is 0 Å². The lowest BCUT2D eigenvalue weighted by Gasteiger charge is -2.33. The Morgan fingerprint density at radius 3 is 2.38 bits per heavy atom. The van der Waals surface area contributed by atoms with Crippen LogP contribution >= 0.6 is 0 Å². The van der Waals surface area contributed by atoms with Gasteiger partial charge in [0.2, 0.25) is 5.91 Å². The first kappa shape index (κ1) is 22.4. The number of likely N-dealkylation sites (tertiary alicyclic amines) is 1. The first-order chi connectivity index (χ1) is 15.1. The highest BCUT2D eigenvalue weighted by atomic mass is 19.3. The molecule has 2 atom stereocenters. The number of rotatable bonds is 7. The van der Waals surface area contributed by atoms with E-state index >= 15 is 0 Å². The van der Waals surface area contributed by atoms with Gasteiger partial charge in [0.1, 0.15) is 11.4 Å². The van der Waals surface area contributed by atoms with E-state index in [1.807, 2.05) is 0 Å². The summed E-state index contributed by atoms with van der Waals surface area (Å²) in [6.45, 7) is 0.988. The van der Waals surface area contributed by atoms with Crippen molar-refractivity contribution in [2.75, 3.05) is 13.1 Å². The zero-order chi connectivity index (χ0) is 23.1. The third-order valence-corrected chi connectivity index (χ3v) is 7.51. The van der Waals surface area contributed by atoms with Crippen LogP contribution in [0.4, 0.5) is 18.0 Å². The highest BCUT2D eigenvalue weighted by Crippen LogP contribution is 2.63. The average molecular weight is 448 g/mol. The maximum Gasteiger partial charge on any atom is 0.314 e. The molecule has 1 saturated heterocycles. The lowest BCUT2D eigenvalue weighted by molar-refractivity contribution is -0.127. The van der Waals surface area contributed by atoms with E-state index in [1.165, 1.54) is 0 Å². The van der Waals surface area contributed by atoms with Crippen molar-refractivity contribution in [3.63, 3.8) is 0 Å². The van der Waals surface area contributed by atoms with Gasteiger partial charge in [-0.05, 0) is 62.0 Å². The van der Waals surface area contributed by atoms with Crippen molar-refractivity contribution in [2.24, 2.45) is 23.0 Å². The Morgan fingerprint density at radius 2 is 1.84 bits per heavy atom. The molecule has 1 unspecified atom stereocenters. The van der Waals surface area contributed by atoms with Gasteiger partial charge in [-0.15, -0.1) is 0 Å². The smallest absolute Gasteiger partial charge is 0.314 e. The molecule has 172 valence electrons. The Hall–Kier alpha value is -2.76. The fourth-order valence-electron chi connectivity index (χ4n) is 5.10. The van der Waals surface area contributed by atoms with E-state index in [4.69, 9.17) is 5.73 Å². The number of halogens is 3. The molecule has 6 nitrogen and oxygen atoms in total. The van der Waals surface area contributed by atoms with E-state index in [9.17, 15) is 28.0 Å². The lowest BCUT2D eigenvalue weighted by atomic mass is 9.83. The van der Waals surface area contributed by atoms with Crippen molar-refractivity contribution in [3.8, 4) is 6.07 Å². The number of piperidine rings is 1. The van der Waals surface area contributed by atoms with Crippen LogP contribution in [0.5, 0.6) is 0 Å². The number of hydrogen-bond donors (Lipinski definition) is 2. The highest BCUT2D eigenvalue weighted by Gasteiger charge is 2.60. The average Bonchev–Trinajstić information content (AvgIpc) is 3.67. The van der Waals surface area contributed by atoms with Crippen molar-refractivity contribution in [2.45, 2.75) is 56.4 Å². The van der Waals surface area contributed by atoms with Crippen molar-refractivity contribution in [3.05, 3.63) is 35.6 Å². The second kappa shape index (κ2) is 7.98. The molecule has 1 heterocycles. The Kier molecular flexibility index (Phi) is 5.60. The van der Waals surface area contributed by atoms with Gasteiger partial charge < -0.3 is 16.0 Å². The summed E-state index contributed by atoms with van der Waals surface area (Å²) in [6, 6.07) is 5.77. The predicted molar refractivity (Wildman–Crippen MR) is 110 cm³/mol. The molecule has 32 heavy (non-hydrogen) atoms. The summed E-state index contributed by atoms with van der Waals surface area (Å²) in [5, 5.41) is 12.1. The minimum Gasteiger partial charge on any atom is -0.351 e. The number of primary amides is 1. The van der Waals surface area contributed by atoms with E-state index < -0.39 is 35.6 Å². The molecule has 4 rings (SSSR count). The van der Waals surface area contributed by atoms with Gasteiger partial charge in [0, 0.05) is 31.0 Å². The molecule has 1 aromatic rings. The lowest BCUT2D eigenvalue weighted by Crippen LogP contribution is -2.44. The number of carbonyl (C=O) groups is 2. The standard InChI is InChI=1S/C23H27F3N4O2/c24-16-3-1-15(2-4-16)23(25,26)6-5-17(19(31)29-22(14-27)7-8-22)18-13-21(18)9-11-30(12-10-21)20(28)32/h1-4,17-18H,5-13H2,(H2,28,32)(H,29,31)/t17-,18?/m0/s1. The monoisotopic (exact) mass is 448 g/mol. The largest absolute Gasteiger partial charge is 0.351 e. The number of urea groups is 1. The predicted octanol–water partition coefficient (Wildman–Crippen LogP) is 3.67. The second-order valence-electron chi connectivity index (χ2n) is 9.54. The summed E-state index contributed by atoms with van der Waals surface area (Å²) in [5.41, 5.74) is 4.05. The third-order valence-electron chi connectivity index (χ3n) is 7.51. The Bertz CT molecular complexity index is 932. The van der Waals surface area contributed by atoms with Crippen molar-refractivity contribution in [1.29, 1.82) is 5.26 Å². The van der Waals surface area contributed by atoms with Crippen LogP contribution in [0.15, 0.2) is 24.3 Å². The minimum absolute atomic E-state index is 0.0380. The number of carbonyl (C=O) groups excluding carboxylic acids is 2. The first-order valence-electron chi connectivity index (χ1n) is 11.0. The number of hydrogen-bond acceptors (Lipinski definition) is 3. The number of nitrogens with one attached hydrogen (secondary N) is 1. The van der Waals surface area contributed by atoms with Gasteiger partial charge in [-0.2, -0.15) is 5.26 Å². The molecule has 3 amide bonds. The molecule has 0 aromatic heterocycles. The van der Waals surface area contributed by atoms with E-state index in [1.54, 1.807) is 4.90 Å². The SMILES string of the molecule is N#CC1(NC(=O)[C@@H](CCC(F)(F)c2ccc(F)cc2)C2CC23CCN(C(N)=O)CC3)CC1. The fraction of sp³-hybridized carbons (Fsp3) is 0.609. The van der Waals surface area contributed by atoms with Crippen LogP contribution in [0.25, 0.3) is 0 Å². The quantitative estimate of drug-likeness (QED) is 0.666. The molecule has 1 aromatic carbocycles. The van der Waals surface area contributed by atoms with E-state index in [0.717, 1.165) is 30.7 Å². The highest BCUT2D eigenvalue weighted by molar-refractivity contribution is 5.81. The van der Waals surface area contributed by atoms with Crippen molar-refractivity contribution < 1.29 is 22.8 Å². The van der Waals surface area contributed by atoms with Gasteiger partial charge in [-0.1, -0.05) is 12.1 Å². The van der Waals surface area contributed by atoms with E-state index in [2.05, 4.69) is 11.4 Å². The van der Waals surface area contributed by atoms with Gasteiger partial charge in [0.25, 0.3) is 5.92 Å². The Labute approximate surface area is 184 Å². The van der Waals surface area contributed by atoms with Gasteiger partial charge in [-0.25, -0.2) is 18.0 Å². The van der Waals surface area contributed by atoms with Crippen LogP contribution in [-0.2, 0) is 10.7 Å². The molecule has 3 aliphatic rings.